The molecule has 2 atom stereocenters. The van der Waals surface area contributed by atoms with Crippen molar-refractivity contribution >= 4 is 5.78 Å². The Hall–Kier alpha value is -1.09. The third-order valence-electron chi connectivity index (χ3n) is 3.81. The first-order valence-electron chi connectivity index (χ1n) is 6.82. The van der Waals surface area contributed by atoms with Crippen molar-refractivity contribution in [2.24, 2.45) is 18.9 Å². The van der Waals surface area contributed by atoms with Gasteiger partial charge < -0.3 is 9.30 Å². The summed E-state index contributed by atoms with van der Waals surface area (Å²) in [7, 11) is 1.89. The number of nitrogens with zero attached hydrogens (tertiary/aromatic N) is 1. The molecule has 1 heterocycles. The Labute approximate surface area is 109 Å². The lowest BCUT2D eigenvalue weighted by molar-refractivity contribution is 0.00534. The molecule has 0 radical (unpaired) electrons. The van der Waals surface area contributed by atoms with Gasteiger partial charge in [-0.3, -0.25) is 4.79 Å². The molecule has 2 unspecified atom stereocenters. The number of carbonyl (C=O) groups is 1. The van der Waals surface area contributed by atoms with Gasteiger partial charge in [0.1, 0.15) is 6.61 Å². The van der Waals surface area contributed by atoms with Gasteiger partial charge in [-0.2, -0.15) is 0 Å². The molecule has 1 saturated carbocycles. The van der Waals surface area contributed by atoms with Crippen LogP contribution in [0.1, 0.15) is 43.6 Å². The number of rotatable bonds is 4. The molecule has 3 heteroatoms. The van der Waals surface area contributed by atoms with Crippen LogP contribution in [0.4, 0.5) is 0 Å². The summed E-state index contributed by atoms with van der Waals surface area (Å²) in [5.74, 6) is 1.50. The summed E-state index contributed by atoms with van der Waals surface area (Å²) in [6.45, 7) is 4.75. The van der Waals surface area contributed by atoms with Crippen LogP contribution < -0.4 is 0 Å². The van der Waals surface area contributed by atoms with Gasteiger partial charge in [0, 0.05) is 13.2 Å². The summed E-state index contributed by atoms with van der Waals surface area (Å²) in [6.07, 6.45) is 5.60. The van der Waals surface area contributed by atoms with Crippen LogP contribution in [0, 0.1) is 11.8 Å². The molecule has 0 saturated heterocycles. The van der Waals surface area contributed by atoms with Crippen molar-refractivity contribution in [3.05, 3.63) is 24.0 Å². The molecule has 1 aliphatic rings. The van der Waals surface area contributed by atoms with Gasteiger partial charge in [-0.25, -0.2) is 0 Å². The zero-order valence-electron chi connectivity index (χ0n) is 11.6. The van der Waals surface area contributed by atoms with Gasteiger partial charge in [-0.1, -0.05) is 13.8 Å². The zero-order valence-corrected chi connectivity index (χ0v) is 11.6. The number of hydrogen-bond donors (Lipinski definition) is 0. The van der Waals surface area contributed by atoms with E-state index in [-0.39, 0.29) is 18.5 Å². The Kier molecular flexibility index (Phi) is 4.23. The first-order chi connectivity index (χ1) is 8.56. The number of Topliss-reactive ketones (excluding diaryl/α,β-unsaturated/α-hetero) is 1. The SMILES string of the molecule is CC1CC(C)CC(OCC(=O)c2cccn2C)C1. The molecule has 0 N–H and O–H groups in total. The highest BCUT2D eigenvalue weighted by Gasteiger charge is 2.25. The van der Waals surface area contributed by atoms with Crippen molar-refractivity contribution < 1.29 is 9.53 Å². The van der Waals surface area contributed by atoms with Gasteiger partial charge in [-0.15, -0.1) is 0 Å². The number of carbonyl (C=O) groups excluding carboxylic acids is 1. The number of ketones is 1. The minimum Gasteiger partial charge on any atom is -0.370 e. The average Bonchev–Trinajstić information content (AvgIpc) is 2.71. The van der Waals surface area contributed by atoms with E-state index in [2.05, 4.69) is 13.8 Å². The standard InChI is InChI=1S/C15H23NO2/c1-11-7-12(2)9-13(8-11)18-10-15(17)14-5-4-6-16(14)3/h4-6,11-13H,7-10H2,1-3H3. The lowest BCUT2D eigenvalue weighted by Crippen LogP contribution is -2.28. The Bertz CT molecular complexity index is 400. The lowest BCUT2D eigenvalue weighted by Gasteiger charge is -2.31. The topological polar surface area (TPSA) is 31.2 Å². The Balaban J connectivity index is 1.84. The molecule has 1 fully saturated rings. The van der Waals surface area contributed by atoms with Crippen molar-refractivity contribution in [2.75, 3.05) is 6.61 Å². The molecule has 1 aromatic rings. The molecule has 0 amide bonds. The molecular formula is C15H23NO2. The normalized spacial score (nSPS) is 28.3. The average molecular weight is 249 g/mol. The van der Waals surface area contributed by atoms with E-state index in [1.54, 1.807) is 0 Å². The van der Waals surface area contributed by atoms with E-state index in [1.165, 1.54) is 6.42 Å². The summed E-state index contributed by atoms with van der Waals surface area (Å²) in [5, 5.41) is 0. The smallest absolute Gasteiger partial charge is 0.204 e. The molecule has 18 heavy (non-hydrogen) atoms. The van der Waals surface area contributed by atoms with E-state index in [4.69, 9.17) is 4.74 Å². The summed E-state index contributed by atoms with van der Waals surface area (Å²) in [6, 6.07) is 3.73. The van der Waals surface area contributed by atoms with Gasteiger partial charge >= 0.3 is 0 Å². The monoisotopic (exact) mass is 249 g/mol. The van der Waals surface area contributed by atoms with E-state index >= 15 is 0 Å². The van der Waals surface area contributed by atoms with Gasteiger partial charge in [0.2, 0.25) is 5.78 Å². The van der Waals surface area contributed by atoms with Crippen LogP contribution in [0.25, 0.3) is 0 Å². The van der Waals surface area contributed by atoms with E-state index < -0.39 is 0 Å². The van der Waals surface area contributed by atoms with Crippen LogP contribution in [0.2, 0.25) is 0 Å². The van der Waals surface area contributed by atoms with Crippen LogP contribution in [-0.4, -0.2) is 23.1 Å². The molecule has 0 spiro atoms. The maximum atomic E-state index is 12.0. The van der Waals surface area contributed by atoms with E-state index in [1.807, 2.05) is 29.9 Å². The molecule has 0 aromatic carbocycles. The van der Waals surface area contributed by atoms with Crippen LogP contribution in [0.3, 0.4) is 0 Å². The van der Waals surface area contributed by atoms with Gasteiger partial charge in [0.25, 0.3) is 0 Å². The molecule has 3 nitrogen and oxygen atoms in total. The molecule has 1 aromatic heterocycles. The van der Waals surface area contributed by atoms with E-state index in [9.17, 15) is 4.79 Å². The fraction of sp³-hybridized carbons (Fsp3) is 0.667. The quantitative estimate of drug-likeness (QED) is 0.768. The highest BCUT2D eigenvalue weighted by molar-refractivity contribution is 5.95. The number of aryl methyl sites for hydroxylation is 1. The molecule has 2 rings (SSSR count). The Morgan fingerprint density at radius 1 is 1.33 bits per heavy atom. The summed E-state index contributed by atoms with van der Waals surface area (Å²) >= 11 is 0. The third kappa shape index (κ3) is 3.22. The first kappa shape index (κ1) is 13.3. The maximum Gasteiger partial charge on any atom is 0.204 e. The molecule has 1 aliphatic carbocycles. The van der Waals surface area contributed by atoms with Crippen LogP contribution in [0.5, 0.6) is 0 Å². The molecule has 100 valence electrons. The highest BCUT2D eigenvalue weighted by Crippen LogP contribution is 2.30. The first-order valence-corrected chi connectivity index (χ1v) is 6.82. The van der Waals surface area contributed by atoms with Crippen molar-refractivity contribution in [3.63, 3.8) is 0 Å². The summed E-state index contributed by atoms with van der Waals surface area (Å²) < 4.78 is 7.65. The number of ether oxygens (including phenoxy) is 1. The van der Waals surface area contributed by atoms with Gasteiger partial charge in [0.05, 0.1) is 11.8 Å². The predicted molar refractivity (Wildman–Crippen MR) is 71.7 cm³/mol. The highest BCUT2D eigenvalue weighted by atomic mass is 16.5. The van der Waals surface area contributed by atoms with Gasteiger partial charge in [0.15, 0.2) is 0 Å². The maximum absolute atomic E-state index is 12.0. The summed E-state index contributed by atoms with van der Waals surface area (Å²) in [5.41, 5.74) is 0.729. The Morgan fingerprint density at radius 3 is 2.56 bits per heavy atom. The van der Waals surface area contributed by atoms with Gasteiger partial charge in [-0.05, 0) is 43.2 Å². The van der Waals surface area contributed by atoms with Crippen molar-refractivity contribution in [2.45, 2.75) is 39.2 Å². The molecule has 0 bridgehead atoms. The fourth-order valence-electron chi connectivity index (χ4n) is 3.03. The van der Waals surface area contributed by atoms with Crippen molar-refractivity contribution in [3.8, 4) is 0 Å². The molecular weight excluding hydrogens is 226 g/mol. The number of hydrogen-bond acceptors (Lipinski definition) is 2. The van der Waals surface area contributed by atoms with E-state index in [0.717, 1.165) is 18.5 Å². The van der Waals surface area contributed by atoms with Crippen molar-refractivity contribution in [1.82, 2.24) is 4.57 Å². The zero-order chi connectivity index (χ0) is 13.1. The lowest BCUT2D eigenvalue weighted by atomic mass is 9.82. The minimum absolute atomic E-state index is 0.0772. The van der Waals surface area contributed by atoms with Crippen LogP contribution in [0.15, 0.2) is 18.3 Å². The second-order valence-corrected chi connectivity index (χ2v) is 5.78. The third-order valence-corrected chi connectivity index (χ3v) is 3.81. The Morgan fingerprint density at radius 2 is 2.00 bits per heavy atom. The minimum atomic E-state index is 0.0772. The van der Waals surface area contributed by atoms with Crippen LogP contribution in [-0.2, 0) is 11.8 Å². The van der Waals surface area contributed by atoms with Crippen molar-refractivity contribution in [1.29, 1.82) is 0 Å². The second kappa shape index (κ2) is 5.70. The number of aromatic nitrogens is 1. The predicted octanol–water partition coefficient (Wildman–Crippen LogP) is 3.05. The molecule has 0 aliphatic heterocycles. The van der Waals surface area contributed by atoms with E-state index in [0.29, 0.717) is 11.8 Å². The largest absolute Gasteiger partial charge is 0.370 e. The summed E-state index contributed by atoms with van der Waals surface area (Å²) in [4.78, 5) is 12.0. The fourth-order valence-corrected chi connectivity index (χ4v) is 3.03. The second-order valence-electron chi connectivity index (χ2n) is 5.78. The van der Waals surface area contributed by atoms with Crippen LogP contribution >= 0.6 is 0 Å².